The third kappa shape index (κ3) is 5.65. The maximum Gasteiger partial charge on any atom is 0.214 e. The van der Waals surface area contributed by atoms with Gasteiger partial charge in [-0.05, 0) is 26.7 Å². The Labute approximate surface area is 121 Å². The van der Waals surface area contributed by atoms with Gasteiger partial charge < -0.3 is 9.47 Å². The third-order valence-electron chi connectivity index (χ3n) is 3.10. The molecule has 1 rings (SSSR count). The molecule has 1 heterocycles. The molecule has 0 atom stereocenters. The largest absolute Gasteiger partial charge is 0.352 e. The third-order valence-corrected chi connectivity index (χ3v) is 6.73. The molecule has 9 heteroatoms. The van der Waals surface area contributed by atoms with E-state index in [1.54, 1.807) is 13.8 Å². The average molecular weight is 329 g/mol. The molecule has 1 fully saturated rings. The summed E-state index contributed by atoms with van der Waals surface area (Å²) in [7, 11) is -6.61. The summed E-state index contributed by atoms with van der Waals surface area (Å²) in [6.45, 7) is 4.48. The van der Waals surface area contributed by atoms with Crippen LogP contribution in [0.25, 0.3) is 0 Å². The minimum Gasteiger partial charge on any atom is -0.352 e. The van der Waals surface area contributed by atoms with Crippen molar-refractivity contribution in [3.63, 3.8) is 0 Å². The Morgan fingerprint density at radius 3 is 2.10 bits per heavy atom. The zero-order valence-corrected chi connectivity index (χ0v) is 13.5. The van der Waals surface area contributed by atoms with Gasteiger partial charge in [0.25, 0.3) is 0 Å². The van der Waals surface area contributed by atoms with Crippen molar-refractivity contribution in [3.05, 3.63) is 0 Å². The van der Waals surface area contributed by atoms with E-state index in [0.717, 1.165) is 0 Å². The van der Waals surface area contributed by atoms with E-state index in [1.165, 1.54) is 0 Å². The summed E-state index contributed by atoms with van der Waals surface area (Å²) < 4.78 is 59.8. The van der Waals surface area contributed by atoms with Crippen LogP contribution in [0.5, 0.6) is 0 Å². The molecule has 1 aliphatic rings. The van der Waals surface area contributed by atoms with E-state index in [1.807, 2.05) is 0 Å². The Kier molecular flexibility index (Phi) is 6.86. The van der Waals surface area contributed by atoms with Crippen molar-refractivity contribution in [3.8, 4) is 0 Å². The van der Waals surface area contributed by atoms with Gasteiger partial charge in [0.05, 0.1) is 23.3 Å². The van der Waals surface area contributed by atoms with E-state index >= 15 is 0 Å². The first kappa shape index (κ1) is 17.8. The molecule has 20 heavy (non-hydrogen) atoms. The Morgan fingerprint density at radius 2 is 1.65 bits per heavy atom. The van der Waals surface area contributed by atoms with Crippen LogP contribution >= 0.6 is 0 Å². The molecule has 0 aromatic carbocycles. The molecule has 0 unspecified atom stereocenters. The van der Waals surface area contributed by atoms with Gasteiger partial charge in [-0.3, -0.25) is 0 Å². The lowest BCUT2D eigenvalue weighted by molar-refractivity contribution is -0.130. The SMILES string of the molecule is CCOC(CNS(=O)(=O)C1CCS(=O)(=O)CC1)OCC. The molecule has 0 amide bonds. The highest BCUT2D eigenvalue weighted by Crippen LogP contribution is 2.18. The predicted molar refractivity (Wildman–Crippen MR) is 75.6 cm³/mol. The second-order valence-electron chi connectivity index (χ2n) is 4.58. The van der Waals surface area contributed by atoms with Crippen LogP contribution in [0.2, 0.25) is 0 Å². The van der Waals surface area contributed by atoms with Gasteiger partial charge in [-0.2, -0.15) is 0 Å². The van der Waals surface area contributed by atoms with Crippen LogP contribution in [0.1, 0.15) is 26.7 Å². The van der Waals surface area contributed by atoms with Gasteiger partial charge in [0.2, 0.25) is 10.0 Å². The zero-order valence-electron chi connectivity index (χ0n) is 11.9. The predicted octanol–water partition coefficient (Wildman–Crippen LogP) is -0.118. The van der Waals surface area contributed by atoms with Crippen LogP contribution in [0.3, 0.4) is 0 Å². The minimum absolute atomic E-state index is 0.0350. The van der Waals surface area contributed by atoms with Crippen LogP contribution < -0.4 is 4.72 Å². The Hall–Kier alpha value is -0.220. The summed E-state index contributed by atoms with van der Waals surface area (Å²) in [5.41, 5.74) is 0. The van der Waals surface area contributed by atoms with Crippen LogP contribution in [0.4, 0.5) is 0 Å². The summed E-state index contributed by atoms with van der Waals surface area (Å²) in [5.74, 6) is -0.141. The fourth-order valence-electron chi connectivity index (χ4n) is 2.02. The molecule has 0 bridgehead atoms. The first-order chi connectivity index (χ1) is 9.30. The van der Waals surface area contributed by atoms with E-state index in [9.17, 15) is 16.8 Å². The molecule has 0 aromatic rings. The first-order valence-corrected chi connectivity index (χ1v) is 10.1. The number of ether oxygens (including phenoxy) is 2. The van der Waals surface area contributed by atoms with Crippen molar-refractivity contribution < 1.29 is 26.3 Å². The Balaban J connectivity index is 2.53. The van der Waals surface area contributed by atoms with Crippen molar-refractivity contribution in [2.75, 3.05) is 31.3 Å². The van der Waals surface area contributed by atoms with E-state index in [0.29, 0.717) is 13.2 Å². The molecule has 7 nitrogen and oxygen atoms in total. The molecule has 1 aliphatic heterocycles. The van der Waals surface area contributed by atoms with Crippen molar-refractivity contribution in [1.82, 2.24) is 4.72 Å². The number of hydrogen-bond acceptors (Lipinski definition) is 6. The van der Waals surface area contributed by atoms with E-state index in [2.05, 4.69) is 4.72 Å². The van der Waals surface area contributed by atoms with Crippen molar-refractivity contribution in [2.45, 2.75) is 38.2 Å². The topological polar surface area (TPSA) is 98.8 Å². The van der Waals surface area contributed by atoms with Crippen molar-refractivity contribution in [2.24, 2.45) is 0 Å². The number of hydrogen-bond donors (Lipinski definition) is 1. The van der Waals surface area contributed by atoms with Gasteiger partial charge >= 0.3 is 0 Å². The van der Waals surface area contributed by atoms with Crippen LogP contribution in [0, 0.1) is 0 Å². The summed E-state index contributed by atoms with van der Waals surface area (Å²) >= 11 is 0. The fraction of sp³-hybridized carbons (Fsp3) is 1.00. The summed E-state index contributed by atoms with van der Waals surface area (Å²) in [6.07, 6.45) is -0.330. The first-order valence-electron chi connectivity index (χ1n) is 6.73. The Bertz CT molecular complexity index is 467. The van der Waals surface area contributed by atoms with Gasteiger partial charge in [0.15, 0.2) is 6.29 Å². The van der Waals surface area contributed by atoms with Gasteiger partial charge in [-0.25, -0.2) is 21.6 Å². The summed E-state index contributed by atoms with van der Waals surface area (Å²) in [4.78, 5) is 0. The summed E-state index contributed by atoms with van der Waals surface area (Å²) in [6, 6.07) is 0. The van der Waals surface area contributed by atoms with Crippen LogP contribution in [-0.2, 0) is 29.3 Å². The normalized spacial score (nSPS) is 20.4. The Morgan fingerprint density at radius 1 is 1.15 bits per heavy atom. The average Bonchev–Trinajstić information content (AvgIpc) is 2.36. The standard InChI is InChI=1S/C11H23NO6S2/c1-3-17-11(18-4-2)9-12-20(15,16)10-5-7-19(13,14)8-6-10/h10-12H,3-9H2,1-2H3. The van der Waals surface area contributed by atoms with E-state index < -0.39 is 31.4 Å². The molecule has 1 saturated heterocycles. The molecule has 120 valence electrons. The second-order valence-corrected chi connectivity index (χ2v) is 8.93. The highest BCUT2D eigenvalue weighted by atomic mass is 32.2. The molecule has 0 saturated carbocycles. The maximum atomic E-state index is 12.1. The minimum atomic E-state index is -3.54. The van der Waals surface area contributed by atoms with Crippen molar-refractivity contribution in [1.29, 1.82) is 0 Å². The number of rotatable bonds is 8. The highest BCUT2D eigenvalue weighted by molar-refractivity contribution is 7.92. The molecular formula is C11H23NO6S2. The lowest BCUT2D eigenvalue weighted by Gasteiger charge is -2.24. The van der Waals surface area contributed by atoms with Crippen LogP contribution in [-0.4, -0.2) is 59.6 Å². The quantitative estimate of drug-likeness (QED) is 0.624. The molecular weight excluding hydrogens is 306 g/mol. The highest BCUT2D eigenvalue weighted by Gasteiger charge is 2.32. The molecule has 0 aliphatic carbocycles. The lowest BCUT2D eigenvalue weighted by Crippen LogP contribution is -2.43. The molecule has 0 radical (unpaired) electrons. The van der Waals surface area contributed by atoms with Crippen molar-refractivity contribution >= 4 is 19.9 Å². The summed E-state index contributed by atoms with van der Waals surface area (Å²) in [5, 5.41) is -0.657. The second kappa shape index (κ2) is 7.69. The van der Waals surface area contributed by atoms with Gasteiger partial charge in [-0.1, -0.05) is 0 Å². The number of nitrogens with one attached hydrogen (secondary N) is 1. The fourth-order valence-corrected chi connectivity index (χ4v) is 5.27. The number of sulfonamides is 1. The number of sulfone groups is 1. The molecule has 1 N–H and O–H groups in total. The van der Waals surface area contributed by atoms with Gasteiger partial charge in [0.1, 0.15) is 9.84 Å². The zero-order chi connectivity index (χ0) is 15.2. The van der Waals surface area contributed by atoms with Gasteiger partial charge in [-0.15, -0.1) is 0 Å². The van der Waals surface area contributed by atoms with Crippen LogP contribution in [0.15, 0.2) is 0 Å². The van der Waals surface area contributed by atoms with E-state index in [-0.39, 0.29) is 30.9 Å². The maximum absolute atomic E-state index is 12.1. The molecule has 0 spiro atoms. The molecule has 0 aromatic heterocycles. The monoisotopic (exact) mass is 329 g/mol. The smallest absolute Gasteiger partial charge is 0.214 e. The van der Waals surface area contributed by atoms with Gasteiger partial charge in [0, 0.05) is 13.2 Å². The van der Waals surface area contributed by atoms with E-state index in [4.69, 9.17) is 9.47 Å². The lowest BCUT2D eigenvalue weighted by atomic mass is 10.2.